The molecule has 0 bridgehead atoms. The van der Waals surface area contributed by atoms with Gasteiger partial charge in [-0.25, -0.2) is 0 Å². The molecule has 1 heterocycles. The number of anilines is 1. The minimum atomic E-state index is -4.53. The molecule has 4 nitrogen and oxygen atoms in total. The number of hydrogen-bond donors (Lipinski definition) is 2. The van der Waals surface area contributed by atoms with Crippen LogP contribution < -0.4 is 10.6 Å². The van der Waals surface area contributed by atoms with Crippen molar-refractivity contribution in [3.63, 3.8) is 0 Å². The highest BCUT2D eigenvalue weighted by Gasteiger charge is 2.41. The lowest BCUT2D eigenvalue weighted by atomic mass is 9.71. The van der Waals surface area contributed by atoms with Crippen LogP contribution in [0, 0.1) is 0 Å². The molecular weight excluding hydrogens is 477 g/mol. The fraction of sp³-hybridized carbons (Fsp3) is 0.200. The van der Waals surface area contributed by atoms with Crippen molar-refractivity contribution in [2.24, 2.45) is 0 Å². The van der Waals surface area contributed by atoms with Crippen molar-refractivity contribution in [3.8, 4) is 0 Å². The van der Waals surface area contributed by atoms with Crippen molar-refractivity contribution < 1.29 is 22.8 Å². The molecule has 0 radical (unpaired) electrons. The average Bonchev–Trinajstić information content (AvgIpc) is 2.88. The van der Waals surface area contributed by atoms with E-state index >= 15 is 0 Å². The van der Waals surface area contributed by atoms with E-state index in [4.69, 9.17) is 0 Å². The van der Waals surface area contributed by atoms with Crippen LogP contribution in [0.25, 0.3) is 0 Å². The third-order valence-corrected chi connectivity index (χ3v) is 6.92. The van der Waals surface area contributed by atoms with Crippen LogP contribution >= 0.6 is 0 Å². The van der Waals surface area contributed by atoms with Crippen molar-refractivity contribution in [1.29, 1.82) is 0 Å². The maximum Gasteiger partial charge on any atom is 0.416 e. The topological polar surface area (TPSA) is 58.2 Å². The summed E-state index contributed by atoms with van der Waals surface area (Å²) in [6.45, 7) is 1.76. The molecule has 37 heavy (non-hydrogen) atoms. The Kier molecular flexibility index (Phi) is 6.46. The van der Waals surface area contributed by atoms with E-state index in [1.54, 1.807) is 6.92 Å². The molecule has 1 aliphatic heterocycles. The second-order valence-corrected chi connectivity index (χ2v) is 9.37. The van der Waals surface area contributed by atoms with Crippen molar-refractivity contribution in [2.75, 3.05) is 5.32 Å². The van der Waals surface area contributed by atoms with Gasteiger partial charge in [-0.05, 0) is 48.6 Å². The lowest BCUT2D eigenvalue weighted by Crippen LogP contribution is -2.37. The Balaban J connectivity index is 1.52. The van der Waals surface area contributed by atoms with E-state index in [0.29, 0.717) is 29.7 Å². The van der Waals surface area contributed by atoms with Crippen molar-refractivity contribution in [3.05, 3.63) is 124 Å². The quantitative estimate of drug-likeness (QED) is 0.417. The molecule has 0 saturated heterocycles. The van der Waals surface area contributed by atoms with Crippen LogP contribution in [-0.4, -0.2) is 11.7 Å². The summed E-state index contributed by atoms with van der Waals surface area (Å²) in [6.07, 6.45) is -3.60. The van der Waals surface area contributed by atoms with Gasteiger partial charge < -0.3 is 10.6 Å². The number of dihydropyridines is 1. The molecule has 188 valence electrons. The molecule has 1 amide bonds. The van der Waals surface area contributed by atoms with Gasteiger partial charge in [-0.2, -0.15) is 13.2 Å². The maximum absolute atomic E-state index is 13.6. The number of halogens is 3. The molecule has 0 aromatic heterocycles. The number of alkyl halides is 3. The number of Topliss-reactive ketones (excluding diaryl/α,β-unsaturated/α-hetero) is 1. The molecule has 7 heteroatoms. The highest BCUT2D eigenvalue weighted by molar-refractivity contribution is 6.10. The van der Waals surface area contributed by atoms with Crippen molar-refractivity contribution in [1.82, 2.24) is 5.32 Å². The predicted octanol–water partition coefficient (Wildman–Crippen LogP) is 6.71. The number of nitrogens with one attached hydrogen (secondary N) is 2. The normalized spacial score (nSPS) is 19.8. The summed E-state index contributed by atoms with van der Waals surface area (Å²) in [6, 6.07) is 23.7. The van der Waals surface area contributed by atoms with Crippen LogP contribution in [0.1, 0.15) is 48.3 Å². The Morgan fingerprint density at radius 1 is 0.892 bits per heavy atom. The minimum Gasteiger partial charge on any atom is -0.362 e. The molecule has 3 aromatic carbocycles. The number of rotatable bonds is 4. The summed E-state index contributed by atoms with van der Waals surface area (Å²) in [5.41, 5.74) is 3.24. The second kappa shape index (κ2) is 9.73. The zero-order valence-electron chi connectivity index (χ0n) is 20.1. The largest absolute Gasteiger partial charge is 0.416 e. The summed E-state index contributed by atoms with van der Waals surface area (Å²) in [5, 5.41) is 5.93. The Morgan fingerprint density at radius 2 is 1.54 bits per heavy atom. The maximum atomic E-state index is 13.6. The number of benzene rings is 3. The number of allylic oxidation sites excluding steroid dienone is 3. The van der Waals surface area contributed by atoms with E-state index in [9.17, 15) is 22.8 Å². The zero-order chi connectivity index (χ0) is 26.2. The Labute approximate surface area is 212 Å². The van der Waals surface area contributed by atoms with E-state index in [1.807, 2.05) is 60.7 Å². The monoisotopic (exact) mass is 502 g/mol. The van der Waals surface area contributed by atoms with Gasteiger partial charge in [0.05, 0.1) is 5.56 Å². The van der Waals surface area contributed by atoms with Crippen LogP contribution in [-0.2, 0) is 15.8 Å². The Bertz CT molecular complexity index is 1410. The first-order valence-corrected chi connectivity index (χ1v) is 12.0. The molecule has 0 saturated carbocycles. The van der Waals surface area contributed by atoms with Crippen LogP contribution in [0.3, 0.4) is 0 Å². The standard InChI is InChI=1S/C30H25F3N2O2/c1-18-26(29(37)35-23-14-8-13-22(17-23)30(31,32)33)27(20-11-6-3-7-12-20)28-24(34-18)15-21(16-25(28)36)19-9-4-2-5-10-19/h2-14,17,21,27,34H,15-16H2,1H3,(H,35,37)/t21-,27+/m0/s1. The summed E-state index contributed by atoms with van der Waals surface area (Å²) >= 11 is 0. The van der Waals surface area contributed by atoms with E-state index in [2.05, 4.69) is 10.6 Å². The first-order valence-electron chi connectivity index (χ1n) is 12.0. The van der Waals surface area contributed by atoms with Gasteiger partial charge in [-0.15, -0.1) is 0 Å². The number of carbonyl (C=O) groups excluding carboxylic acids is 2. The molecule has 0 fully saturated rings. The van der Waals surface area contributed by atoms with Gasteiger partial charge in [0.1, 0.15) is 0 Å². The molecule has 2 atom stereocenters. The van der Waals surface area contributed by atoms with E-state index in [-0.39, 0.29) is 17.4 Å². The molecule has 2 aliphatic rings. The summed E-state index contributed by atoms with van der Waals surface area (Å²) < 4.78 is 39.6. The van der Waals surface area contributed by atoms with Gasteiger partial charge in [0.15, 0.2) is 5.78 Å². The SMILES string of the molecule is CC1=C(C(=O)Nc2cccc(C(F)(F)F)c2)[C@@H](c2ccccc2)C2=C(C[C@H](c3ccccc3)CC2=O)N1. The molecular formula is C30H25F3N2O2. The molecule has 0 unspecified atom stereocenters. The molecule has 5 rings (SSSR count). The molecule has 3 aromatic rings. The van der Waals surface area contributed by atoms with Crippen molar-refractivity contribution >= 4 is 17.4 Å². The van der Waals surface area contributed by atoms with E-state index in [0.717, 1.165) is 29.0 Å². The first-order chi connectivity index (χ1) is 17.7. The fourth-order valence-corrected chi connectivity index (χ4v) is 5.25. The Morgan fingerprint density at radius 3 is 2.19 bits per heavy atom. The average molecular weight is 503 g/mol. The Hall–Kier alpha value is -4.13. The molecule has 1 aliphatic carbocycles. The second-order valence-electron chi connectivity index (χ2n) is 9.37. The van der Waals surface area contributed by atoms with Gasteiger partial charge >= 0.3 is 6.18 Å². The van der Waals surface area contributed by atoms with Gasteiger partial charge in [-0.3, -0.25) is 9.59 Å². The summed E-state index contributed by atoms with van der Waals surface area (Å²) in [4.78, 5) is 27.2. The highest BCUT2D eigenvalue weighted by atomic mass is 19.4. The van der Waals surface area contributed by atoms with Crippen LogP contribution in [0.5, 0.6) is 0 Å². The molecule has 0 spiro atoms. The summed E-state index contributed by atoms with van der Waals surface area (Å²) in [7, 11) is 0. The smallest absolute Gasteiger partial charge is 0.362 e. The predicted molar refractivity (Wildman–Crippen MR) is 136 cm³/mol. The fourth-order valence-electron chi connectivity index (χ4n) is 5.25. The third kappa shape index (κ3) is 4.94. The van der Waals surface area contributed by atoms with E-state index in [1.165, 1.54) is 12.1 Å². The number of carbonyl (C=O) groups is 2. The third-order valence-electron chi connectivity index (χ3n) is 6.92. The van der Waals surface area contributed by atoms with Crippen LogP contribution in [0.2, 0.25) is 0 Å². The van der Waals surface area contributed by atoms with Gasteiger partial charge in [0.2, 0.25) is 0 Å². The lowest BCUT2D eigenvalue weighted by molar-refractivity contribution is -0.137. The minimum absolute atomic E-state index is 0.0182. The van der Waals surface area contributed by atoms with Gasteiger partial charge in [0.25, 0.3) is 5.91 Å². The number of ketones is 1. The van der Waals surface area contributed by atoms with Crippen molar-refractivity contribution in [2.45, 2.75) is 37.8 Å². The number of amides is 1. The zero-order valence-corrected chi connectivity index (χ0v) is 20.1. The van der Waals surface area contributed by atoms with Gasteiger partial charge in [0, 0.05) is 40.6 Å². The lowest BCUT2D eigenvalue weighted by Gasteiger charge is -2.37. The van der Waals surface area contributed by atoms with Crippen LogP contribution in [0.4, 0.5) is 18.9 Å². The molecule has 2 N–H and O–H groups in total. The summed E-state index contributed by atoms with van der Waals surface area (Å²) in [5.74, 6) is -1.21. The first kappa shape index (κ1) is 24.6. The number of hydrogen-bond acceptors (Lipinski definition) is 3. The highest BCUT2D eigenvalue weighted by Crippen LogP contribution is 2.45. The van der Waals surface area contributed by atoms with E-state index < -0.39 is 23.6 Å². The van der Waals surface area contributed by atoms with Crippen LogP contribution in [0.15, 0.2) is 107 Å². The van der Waals surface area contributed by atoms with Gasteiger partial charge in [-0.1, -0.05) is 66.7 Å².